The van der Waals surface area contributed by atoms with Crippen LogP contribution in [0.25, 0.3) is 22.2 Å². The van der Waals surface area contributed by atoms with Crippen LogP contribution in [0, 0.1) is 5.92 Å². The van der Waals surface area contributed by atoms with Crippen LogP contribution in [0.1, 0.15) is 30.6 Å². The monoisotopic (exact) mass is 406 g/mol. The highest BCUT2D eigenvalue weighted by Crippen LogP contribution is 2.26. The molecule has 0 fully saturated rings. The van der Waals surface area contributed by atoms with Gasteiger partial charge in [-0.05, 0) is 48.7 Å². The third-order valence-electron chi connectivity index (χ3n) is 4.70. The summed E-state index contributed by atoms with van der Waals surface area (Å²) in [6.07, 6.45) is 0.875. The van der Waals surface area contributed by atoms with Crippen molar-refractivity contribution in [3.63, 3.8) is 0 Å². The Morgan fingerprint density at radius 2 is 1.80 bits per heavy atom. The first-order valence-corrected chi connectivity index (χ1v) is 9.96. The van der Waals surface area contributed by atoms with Crippen molar-refractivity contribution in [2.24, 2.45) is 5.92 Å². The van der Waals surface area contributed by atoms with E-state index in [0.29, 0.717) is 34.6 Å². The number of hydrogen-bond donors (Lipinski definition) is 1. The fraction of sp³-hybridized carbons (Fsp3) is 0.292. The lowest BCUT2D eigenvalue weighted by Gasteiger charge is -2.11. The molecule has 1 N–H and O–H groups in total. The molecular formula is C24H26N2O4. The van der Waals surface area contributed by atoms with Crippen LogP contribution in [0.2, 0.25) is 0 Å². The highest BCUT2D eigenvalue weighted by Gasteiger charge is 2.16. The molecule has 0 bridgehead atoms. The van der Waals surface area contributed by atoms with Gasteiger partial charge in [0.25, 0.3) is 5.91 Å². The predicted octanol–water partition coefficient (Wildman–Crippen LogP) is 4.23. The second-order valence-electron chi connectivity index (χ2n) is 7.41. The Kier molecular flexibility index (Phi) is 7.01. The zero-order chi connectivity index (χ0) is 21.5. The average molecular weight is 406 g/mol. The van der Waals surface area contributed by atoms with Crippen LogP contribution in [0.3, 0.4) is 0 Å². The first-order chi connectivity index (χ1) is 14.5. The number of methoxy groups -OCH3 is 1. The molecule has 30 heavy (non-hydrogen) atoms. The zero-order valence-electron chi connectivity index (χ0n) is 17.5. The van der Waals surface area contributed by atoms with Crippen LogP contribution in [0.15, 0.2) is 54.6 Å². The maximum absolute atomic E-state index is 12.8. The molecule has 1 heterocycles. The van der Waals surface area contributed by atoms with Gasteiger partial charge >= 0.3 is 5.97 Å². The number of esters is 1. The Labute approximate surface area is 176 Å². The number of rotatable bonds is 8. The fourth-order valence-corrected chi connectivity index (χ4v) is 3.01. The number of fused-ring (bicyclic) bond motifs is 1. The van der Waals surface area contributed by atoms with Crippen LogP contribution < -0.4 is 10.1 Å². The number of ether oxygens (including phenoxy) is 2. The number of nitrogens with one attached hydrogen (secondary N) is 1. The molecule has 0 aliphatic heterocycles. The van der Waals surface area contributed by atoms with Crippen molar-refractivity contribution in [1.82, 2.24) is 10.3 Å². The van der Waals surface area contributed by atoms with Crippen LogP contribution in [-0.2, 0) is 9.53 Å². The first-order valence-electron chi connectivity index (χ1n) is 9.96. The summed E-state index contributed by atoms with van der Waals surface area (Å²) >= 11 is 0. The highest BCUT2D eigenvalue weighted by molar-refractivity contribution is 6.05. The van der Waals surface area contributed by atoms with Crippen LogP contribution in [-0.4, -0.2) is 37.1 Å². The molecule has 1 aromatic heterocycles. The summed E-state index contributed by atoms with van der Waals surface area (Å²) in [7, 11) is 1.61. The highest BCUT2D eigenvalue weighted by atomic mass is 16.5. The lowest BCUT2D eigenvalue weighted by Crippen LogP contribution is -2.30. The van der Waals surface area contributed by atoms with Crippen molar-refractivity contribution in [2.45, 2.75) is 20.3 Å². The van der Waals surface area contributed by atoms with E-state index in [4.69, 9.17) is 9.47 Å². The minimum Gasteiger partial charge on any atom is -0.497 e. The van der Waals surface area contributed by atoms with Gasteiger partial charge in [-0.1, -0.05) is 32.0 Å². The third kappa shape index (κ3) is 5.35. The SMILES string of the molecule is COc1ccc(-c2cc(C(=O)OCC(=O)NCCC(C)C)c3ccccc3n2)cc1. The molecule has 0 saturated carbocycles. The summed E-state index contributed by atoms with van der Waals surface area (Å²) in [5.41, 5.74) is 2.55. The molecular weight excluding hydrogens is 380 g/mol. The number of para-hydroxylation sites is 1. The van der Waals surface area contributed by atoms with Gasteiger partial charge in [-0.3, -0.25) is 4.79 Å². The Morgan fingerprint density at radius 1 is 1.07 bits per heavy atom. The maximum atomic E-state index is 12.8. The molecule has 6 nitrogen and oxygen atoms in total. The molecule has 0 aliphatic rings. The van der Waals surface area contributed by atoms with Crippen LogP contribution >= 0.6 is 0 Å². The minimum absolute atomic E-state index is 0.308. The van der Waals surface area contributed by atoms with Crippen LogP contribution in [0.4, 0.5) is 0 Å². The summed E-state index contributed by atoms with van der Waals surface area (Å²) in [5, 5.41) is 3.45. The van der Waals surface area contributed by atoms with Crippen molar-refractivity contribution in [2.75, 3.05) is 20.3 Å². The van der Waals surface area contributed by atoms with Gasteiger partial charge in [0.05, 0.1) is 23.9 Å². The molecule has 6 heteroatoms. The summed E-state index contributed by atoms with van der Waals surface area (Å²) in [6.45, 7) is 4.42. The summed E-state index contributed by atoms with van der Waals surface area (Å²) in [5.74, 6) is 0.371. The number of carbonyl (C=O) groups excluding carboxylic acids is 2. The van der Waals surface area contributed by atoms with Gasteiger partial charge in [-0.2, -0.15) is 0 Å². The molecule has 3 aromatic rings. The standard InChI is InChI=1S/C24H26N2O4/c1-16(2)12-13-25-23(27)15-30-24(28)20-14-22(17-8-10-18(29-3)11-9-17)26-21-7-5-4-6-19(20)21/h4-11,14,16H,12-13,15H2,1-3H3,(H,25,27). The van der Waals surface area contributed by atoms with E-state index < -0.39 is 5.97 Å². The topological polar surface area (TPSA) is 77.5 Å². The molecule has 2 aromatic carbocycles. The third-order valence-corrected chi connectivity index (χ3v) is 4.70. The van der Waals surface area contributed by atoms with Crippen LogP contribution in [0.5, 0.6) is 5.75 Å². The van der Waals surface area contributed by atoms with Gasteiger partial charge in [0.15, 0.2) is 6.61 Å². The van der Waals surface area contributed by atoms with Gasteiger partial charge in [0.1, 0.15) is 5.75 Å². The molecule has 0 radical (unpaired) electrons. The van der Waals surface area contributed by atoms with E-state index in [0.717, 1.165) is 17.7 Å². The predicted molar refractivity (Wildman–Crippen MR) is 116 cm³/mol. The number of amides is 1. The Balaban J connectivity index is 1.81. The number of carbonyl (C=O) groups is 2. The average Bonchev–Trinajstić information content (AvgIpc) is 2.76. The summed E-state index contributed by atoms with van der Waals surface area (Å²) < 4.78 is 10.5. The van der Waals surface area contributed by atoms with E-state index in [1.54, 1.807) is 13.2 Å². The van der Waals surface area contributed by atoms with E-state index in [1.165, 1.54) is 0 Å². The Hall–Kier alpha value is -3.41. The normalized spacial score (nSPS) is 10.8. The smallest absolute Gasteiger partial charge is 0.339 e. The number of hydrogen-bond acceptors (Lipinski definition) is 5. The van der Waals surface area contributed by atoms with Crippen molar-refractivity contribution in [3.8, 4) is 17.0 Å². The molecule has 0 unspecified atom stereocenters. The van der Waals surface area contributed by atoms with Gasteiger partial charge in [-0.15, -0.1) is 0 Å². The largest absolute Gasteiger partial charge is 0.497 e. The molecule has 0 spiro atoms. The minimum atomic E-state index is -0.553. The number of nitrogens with zero attached hydrogens (tertiary/aromatic N) is 1. The number of benzene rings is 2. The zero-order valence-corrected chi connectivity index (χ0v) is 17.5. The van der Waals surface area contributed by atoms with E-state index >= 15 is 0 Å². The van der Waals surface area contributed by atoms with Gasteiger partial charge < -0.3 is 14.8 Å². The molecule has 1 amide bonds. The van der Waals surface area contributed by atoms with Gasteiger partial charge in [0, 0.05) is 17.5 Å². The lowest BCUT2D eigenvalue weighted by molar-refractivity contribution is -0.124. The van der Waals surface area contributed by atoms with Crippen molar-refractivity contribution < 1.29 is 19.1 Å². The van der Waals surface area contributed by atoms with E-state index in [-0.39, 0.29) is 12.5 Å². The molecule has 0 atom stereocenters. The molecule has 0 aliphatic carbocycles. The summed E-state index contributed by atoms with van der Waals surface area (Å²) in [4.78, 5) is 29.4. The molecule has 3 rings (SSSR count). The first kappa shape index (κ1) is 21.3. The number of pyridine rings is 1. The maximum Gasteiger partial charge on any atom is 0.339 e. The van der Waals surface area contributed by atoms with Crippen molar-refractivity contribution in [3.05, 3.63) is 60.2 Å². The van der Waals surface area contributed by atoms with E-state index in [2.05, 4.69) is 24.1 Å². The fourth-order valence-electron chi connectivity index (χ4n) is 3.01. The molecule has 0 saturated heterocycles. The Morgan fingerprint density at radius 3 is 2.50 bits per heavy atom. The van der Waals surface area contributed by atoms with Crippen molar-refractivity contribution in [1.29, 1.82) is 0 Å². The quantitative estimate of drug-likeness (QED) is 0.567. The summed E-state index contributed by atoms with van der Waals surface area (Å²) in [6, 6.07) is 16.5. The number of aromatic nitrogens is 1. The van der Waals surface area contributed by atoms with Crippen molar-refractivity contribution >= 4 is 22.8 Å². The van der Waals surface area contributed by atoms with E-state index in [1.807, 2.05) is 48.5 Å². The van der Waals surface area contributed by atoms with Gasteiger partial charge in [0.2, 0.25) is 0 Å². The van der Waals surface area contributed by atoms with Gasteiger partial charge in [-0.25, -0.2) is 9.78 Å². The lowest BCUT2D eigenvalue weighted by atomic mass is 10.0. The molecule has 156 valence electrons. The second-order valence-corrected chi connectivity index (χ2v) is 7.41. The second kappa shape index (κ2) is 9.87. The van der Waals surface area contributed by atoms with E-state index in [9.17, 15) is 9.59 Å². The Bertz CT molecular complexity index is 1030.